The largest absolute Gasteiger partial charge is 0.478 e. The Labute approximate surface area is 125 Å². The molecule has 0 aromatic heterocycles. The van der Waals surface area contributed by atoms with Crippen molar-refractivity contribution >= 4 is 5.97 Å². The van der Waals surface area contributed by atoms with Crippen molar-refractivity contribution in [1.29, 1.82) is 0 Å². The van der Waals surface area contributed by atoms with Crippen LogP contribution in [-0.2, 0) is 11.2 Å². The molecule has 0 bridgehead atoms. The minimum absolute atomic E-state index is 0.363. The van der Waals surface area contributed by atoms with Gasteiger partial charge in [0.25, 0.3) is 0 Å². The van der Waals surface area contributed by atoms with E-state index in [1.165, 1.54) is 5.56 Å². The van der Waals surface area contributed by atoms with Gasteiger partial charge in [-0.1, -0.05) is 35.9 Å². The molecule has 2 rings (SSSR count). The van der Waals surface area contributed by atoms with Crippen LogP contribution in [0.15, 0.2) is 42.5 Å². The van der Waals surface area contributed by atoms with Gasteiger partial charge in [-0.2, -0.15) is 0 Å². The Bertz CT molecular complexity index is 609. The summed E-state index contributed by atoms with van der Waals surface area (Å²) in [5.74, 6) is -0.370. The van der Waals surface area contributed by atoms with Crippen LogP contribution in [0.2, 0.25) is 0 Å². The zero-order valence-corrected chi connectivity index (χ0v) is 12.6. The van der Waals surface area contributed by atoms with Gasteiger partial charge in [-0.3, -0.25) is 0 Å². The monoisotopic (exact) mass is 284 g/mol. The first kappa shape index (κ1) is 15.1. The Morgan fingerprint density at radius 1 is 1.10 bits per heavy atom. The van der Waals surface area contributed by atoms with E-state index in [-0.39, 0.29) is 0 Å². The lowest BCUT2D eigenvalue weighted by Crippen LogP contribution is -2.30. The van der Waals surface area contributed by atoms with Crippen molar-refractivity contribution in [2.24, 2.45) is 0 Å². The maximum atomic E-state index is 11.5. The fraction of sp³-hybridized carbons (Fsp3) is 0.278. The van der Waals surface area contributed by atoms with Crippen molar-refractivity contribution in [3.8, 4) is 5.75 Å². The molecule has 0 saturated heterocycles. The lowest BCUT2D eigenvalue weighted by Gasteiger charge is -2.18. The van der Waals surface area contributed by atoms with E-state index in [2.05, 4.69) is 12.1 Å². The number of aryl methyl sites for hydroxylation is 3. The highest BCUT2D eigenvalue weighted by atomic mass is 16.5. The fourth-order valence-corrected chi connectivity index (χ4v) is 2.56. The van der Waals surface area contributed by atoms with Crippen molar-refractivity contribution in [3.05, 3.63) is 64.7 Å². The van der Waals surface area contributed by atoms with Gasteiger partial charge in [0.2, 0.25) is 0 Å². The minimum Gasteiger partial charge on any atom is -0.478 e. The second-order valence-electron chi connectivity index (χ2n) is 5.34. The first-order valence-electron chi connectivity index (χ1n) is 6.98. The number of carbonyl (C=O) groups is 1. The maximum absolute atomic E-state index is 11.5. The van der Waals surface area contributed by atoms with Crippen LogP contribution in [0.25, 0.3) is 0 Å². The zero-order chi connectivity index (χ0) is 15.4. The minimum atomic E-state index is -0.946. The van der Waals surface area contributed by atoms with Crippen molar-refractivity contribution in [2.75, 3.05) is 0 Å². The van der Waals surface area contributed by atoms with Gasteiger partial charge in [-0.05, 0) is 49.6 Å². The predicted octanol–water partition coefficient (Wildman–Crippen LogP) is 3.69. The Morgan fingerprint density at radius 2 is 1.67 bits per heavy atom. The number of rotatable bonds is 5. The Balaban J connectivity index is 2.23. The molecule has 1 N–H and O–H groups in total. The Hall–Kier alpha value is -2.29. The van der Waals surface area contributed by atoms with Gasteiger partial charge in [-0.25, -0.2) is 4.79 Å². The summed E-state index contributed by atoms with van der Waals surface area (Å²) in [5.41, 5.74) is 4.44. The van der Waals surface area contributed by atoms with Crippen molar-refractivity contribution < 1.29 is 14.6 Å². The van der Waals surface area contributed by atoms with Crippen LogP contribution in [0.5, 0.6) is 5.75 Å². The molecule has 0 spiro atoms. The molecule has 0 radical (unpaired) electrons. The predicted molar refractivity (Wildman–Crippen MR) is 82.9 cm³/mol. The van der Waals surface area contributed by atoms with E-state index in [4.69, 9.17) is 4.74 Å². The average molecular weight is 284 g/mol. The topological polar surface area (TPSA) is 46.5 Å². The fourth-order valence-electron chi connectivity index (χ4n) is 2.56. The number of carboxylic acid groups (broad SMARTS) is 1. The lowest BCUT2D eigenvalue weighted by atomic mass is 9.95. The highest BCUT2D eigenvalue weighted by Crippen LogP contribution is 2.20. The van der Waals surface area contributed by atoms with Gasteiger partial charge in [0.05, 0.1) is 0 Å². The van der Waals surface area contributed by atoms with Crippen LogP contribution in [0.1, 0.15) is 22.3 Å². The summed E-state index contributed by atoms with van der Waals surface area (Å²) in [7, 11) is 0. The molecule has 2 aromatic rings. The average Bonchev–Trinajstić information content (AvgIpc) is 2.42. The maximum Gasteiger partial charge on any atom is 0.345 e. The summed E-state index contributed by atoms with van der Waals surface area (Å²) in [6, 6.07) is 13.2. The number of carboxylic acids is 1. The molecule has 0 aliphatic carbocycles. The third kappa shape index (κ3) is 3.85. The molecular formula is C18H20O3. The molecular weight excluding hydrogens is 264 g/mol. The highest BCUT2D eigenvalue weighted by Gasteiger charge is 2.22. The third-order valence-corrected chi connectivity index (χ3v) is 3.53. The van der Waals surface area contributed by atoms with E-state index in [0.29, 0.717) is 12.2 Å². The second-order valence-corrected chi connectivity index (χ2v) is 5.34. The quantitative estimate of drug-likeness (QED) is 0.911. The highest BCUT2D eigenvalue weighted by molar-refractivity contribution is 5.73. The second kappa shape index (κ2) is 6.44. The smallest absolute Gasteiger partial charge is 0.345 e. The molecule has 3 heteroatoms. The summed E-state index contributed by atoms with van der Waals surface area (Å²) in [4.78, 5) is 11.5. The van der Waals surface area contributed by atoms with E-state index < -0.39 is 12.1 Å². The van der Waals surface area contributed by atoms with Crippen LogP contribution in [0, 0.1) is 20.8 Å². The molecule has 0 fully saturated rings. The van der Waals surface area contributed by atoms with Crippen LogP contribution in [-0.4, -0.2) is 17.2 Å². The summed E-state index contributed by atoms with van der Waals surface area (Å²) in [6.45, 7) is 6.06. The van der Waals surface area contributed by atoms with Gasteiger partial charge in [0.15, 0.2) is 6.10 Å². The number of aliphatic carboxylic acids is 1. The molecule has 3 nitrogen and oxygen atoms in total. The number of benzene rings is 2. The molecule has 1 atom stereocenters. The van der Waals surface area contributed by atoms with Gasteiger partial charge < -0.3 is 9.84 Å². The molecule has 21 heavy (non-hydrogen) atoms. The Morgan fingerprint density at radius 3 is 2.19 bits per heavy atom. The van der Waals surface area contributed by atoms with Gasteiger partial charge in [-0.15, -0.1) is 0 Å². The van der Waals surface area contributed by atoms with E-state index in [1.807, 2.05) is 39.0 Å². The zero-order valence-electron chi connectivity index (χ0n) is 12.6. The lowest BCUT2D eigenvalue weighted by molar-refractivity contribution is -0.145. The van der Waals surface area contributed by atoms with Crippen LogP contribution in [0.3, 0.4) is 0 Å². The van der Waals surface area contributed by atoms with Crippen molar-refractivity contribution in [1.82, 2.24) is 0 Å². The summed E-state index contributed by atoms with van der Waals surface area (Å²) < 4.78 is 5.62. The molecule has 2 aromatic carbocycles. The van der Waals surface area contributed by atoms with E-state index in [1.54, 1.807) is 12.1 Å². The molecule has 0 amide bonds. The molecule has 0 saturated carbocycles. The summed E-state index contributed by atoms with van der Waals surface area (Å²) in [6.07, 6.45) is -0.519. The van der Waals surface area contributed by atoms with Crippen LogP contribution < -0.4 is 4.74 Å². The number of hydrogen-bond donors (Lipinski definition) is 1. The van der Waals surface area contributed by atoms with E-state index in [0.717, 1.165) is 16.7 Å². The normalized spacial score (nSPS) is 12.0. The standard InChI is InChI=1S/C18H20O3/c1-12-9-13(2)16(14(3)10-12)11-17(18(19)20)21-15-7-5-4-6-8-15/h4-10,17H,11H2,1-3H3,(H,19,20). The van der Waals surface area contributed by atoms with Crippen molar-refractivity contribution in [2.45, 2.75) is 33.3 Å². The first-order valence-corrected chi connectivity index (χ1v) is 6.98. The summed E-state index contributed by atoms with van der Waals surface area (Å²) in [5, 5.41) is 9.41. The molecule has 0 aliphatic rings. The number of hydrogen-bond acceptors (Lipinski definition) is 2. The summed E-state index contributed by atoms with van der Waals surface area (Å²) >= 11 is 0. The van der Waals surface area contributed by atoms with Gasteiger partial charge in [0.1, 0.15) is 5.75 Å². The number of para-hydroxylation sites is 1. The van der Waals surface area contributed by atoms with E-state index in [9.17, 15) is 9.90 Å². The van der Waals surface area contributed by atoms with Crippen LogP contribution in [0.4, 0.5) is 0 Å². The Kier molecular flexibility index (Phi) is 4.63. The SMILES string of the molecule is Cc1cc(C)c(CC(Oc2ccccc2)C(=O)O)c(C)c1. The molecule has 110 valence electrons. The molecule has 0 heterocycles. The van der Waals surface area contributed by atoms with Gasteiger partial charge in [0, 0.05) is 6.42 Å². The molecule has 0 aliphatic heterocycles. The van der Waals surface area contributed by atoms with Crippen LogP contribution >= 0.6 is 0 Å². The van der Waals surface area contributed by atoms with Crippen molar-refractivity contribution in [3.63, 3.8) is 0 Å². The first-order chi connectivity index (χ1) is 9.97. The number of ether oxygens (including phenoxy) is 1. The molecule has 1 unspecified atom stereocenters. The van der Waals surface area contributed by atoms with E-state index >= 15 is 0 Å². The third-order valence-electron chi connectivity index (χ3n) is 3.53. The van der Waals surface area contributed by atoms with Gasteiger partial charge >= 0.3 is 5.97 Å².